The zero-order valence-corrected chi connectivity index (χ0v) is 28.8. The number of phenolic OH excluding ortho intramolecular Hbond substituents is 2. The van der Waals surface area contributed by atoms with Crippen molar-refractivity contribution in [2.45, 2.75) is 74.0 Å². The smallest absolute Gasteiger partial charge is 0.253 e. The zero-order valence-electron chi connectivity index (χ0n) is 28.0. The molecular weight excluding hydrogens is 676 g/mol. The van der Waals surface area contributed by atoms with Crippen LogP contribution in [0, 0.1) is 23.7 Å². The van der Waals surface area contributed by atoms with Gasteiger partial charge >= 0.3 is 0 Å². The number of phenols is 2. The molecule has 0 saturated heterocycles. The van der Waals surface area contributed by atoms with Crippen LogP contribution in [-0.4, -0.2) is 76.7 Å². The maximum absolute atomic E-state index is 13.7. The molecule has 0 atom stereocenters. The van der Waals surface area contributed by atoms with Crippen LogP contribution in [0.3, 0.4) is 0 Å². The SMILES string of the molecule is O=C(Cc1cc(S(=O)(=O)c2ccc(O)c(CC(=O)C3CCC(CN4C(=O)C=CC4=O)CC3)c2)ccc1O)C1CCC(CN2C(=O)C=CC2=O)CC1. The summed E-state index contributed by atoms with van der Waals surface area (Å²) in [5.74, 6) is -2.44. The highest BCUT2D eigenvalue weighted by Gasteiger charge is 2.33. The molecule has 2 aliphatic heterocycles. The molecule has 0 spiro atoms. The van der Waals surface area contributed by atoms with Crippen LogP contribution in [0.4, 0.5) is 0 Å². The highest BCUT2D eigenvalue weighted by molar-refractivity contribution is 7.91. The van der Waals surface area contributed by atoms with Crippen molar-refractivity contribution in [1.29, 1.82) is 0 Å². The number of sulfone groups is 1. The molecule has 0 bridgehead atoms. The van der Waals surface area contributed by atoms with Gasteiger partial charge in [0.15, 0.2) is 0 Å². The van der Waals surface area contributed by atoms with Gasteiger partial charge in [-0.3, -0.25) is 38.6 Å². The van der Waals surface area contributed by atoms with Gasteiger partial charge in [0.2, 0.25) is 9.84 Å². The monoisotopic (exact) mass is 716 g/mol. The molecule has 2 aromatic rings. The van der Waals surface area contributed by atoms with Gasteiger partial charge in [-0.2, -0.15) is 0 Å². The molecule has 6 rings (SSSR count). The summed E-state index contributed by atoms with van der Waals surface area (Å²) in [6, 6.07) is 7.52. The quantitative estimate of drug-likeness (QED) is 0.308. The van der Waals surface area contributed by atoms with Crippen molar-refractivity contribution < 1.29 is 47.4 Å². The second kappa shape index (κ2) is 14.7. The lowest BCUT2D eigenvalue weighted by Crippen LogP contribution is -2.36. The van der Waals surface area contributed by atoms with Crippen molar-refractivity contribution in [1.82, 2.24) is 9.80 Å². The maximum atomic E-state index is 13.7. The van der Waals surface area contributed by atoms with E-state index in [2.05, 4.69) is 0 Å². The van der Waals surface area contributed by atoms with Gasteiger partial charge in [-0.15, -0.1) is 0 Å². The third-order valence-corrected chi connectivity index (χ3v) is 12.5. The minimum absolute atomic E-state index is 0.0907. The van der Waals surface area contributed by atoms with Crippen LogP contribution in [-0.2, 0) is 51.4 Å². The first-order chi connectivity index (χ1) is 24.3. The van der Waals surface area contributed by atoms with E-state index in [4.69, 9.17) is 0 Å². The third-order valence-electron chi connectivity index (χ3n) is 10.7. The molecule has 0 radical (unpaired) electrons. The molecule has 268 valence electrons. The zero-order chi connectivity index (χ0) is 36.4. The van der Waals surface area contributed by atoms with E-state index in [0.717, 1.165) is 0 Å². The Hall–Kier alpha value is -4.91. The van der Waals surface area contributed by atoms with E-state index in [1.54, 1.807) is 0 Å². The van der Waals surface area contributed by atoms with Crippen LogP contribution < -0.4 is 0 Å². The number of carbonyl (C=O) groups excluding carboxylic acids is 6. The van der Waals surface area contributed by atoms with Crippen LogP contribution in [0.15, 0.2) is 70.5 Å². The lowest BCUT2D eigenvalue weighted by atomic mass is 9.78. The molecule has 0 unspecified atom stereocenters. The highest BCUT2D eigenvalue weighted by atomic mass is 32.2. The normalized spacial score (nSPS) is 23.8. The summed E-state index contributed by atoms with van der Waals surface area (Å²) in [4.78, 5) is 76.3. The molecule has 2 heterocycles. The Labute approximate surface area is 295 Å². The van der Waals surface area contributed by atoms with Crippen LogP contribution in [0.5, 0.6) is 11.5 Å². The predicted molar refractivity (Wildman–Crippen MR) is 182 cm³/mol. The number of imide groups is 2. The van der Waals surface area contributed by atoms with Crippen LogP contribution in [0.25, 0.3) is 0 Å². The largest absolute Gasteiger partial charge is 0.508 e. The number of nitrogens with zero attached hydrogens (tertiary/aromatic N) is 2. The van der Waals surface area contributed by atoms with Gasteiger partial charge in [0.1, 0.15) is 23.1 Å². The number of ketones is 2. The Morgan fingerprint density at radius 3 is 1.24 bits per heavy atom. The Morgan fingerprint density at radius 2 is 0.902 bits per heavy atom. The van der Waals surface area contributed by atoms with Crippen LogP contribution in [0.1, 0.15) is 62.5 Å². The van der Waals surface area contributed by atoms with Gasteiger partial charge in [0.05, 0.1) is 9.79 Å². The number of rotatable bonds is 12. The summed E-state index contributed by atoms with van der Waals surface area (Å²) in [6.45, 7) is 0.622. The van der Waals surface area contributed by atoms with E-state index >= 15 is 0 Å². The van der Waals surface area contributed by atoms with E-state index in [1.165, 1.54) is 70.5 Å². The fraction of sp³-hybridized carbons (Fsp3) is 0.421. The van der Waals surface area contributed by atoms with Crippen molar-refractivity contribution in [2.75, 3.05) is 13.1 Å². The van der Waals surface area contributed by atoms with Crippen molar-refractivity contribution in [2.24, 2.45) is 23.7 Å². The molecule has 2 aromatic carbocycles. The average Bonchev–Trinajstić information content (AvgIpc) is 3.60. The molecule has 2 N–H and O–H groups in total. The number of carbonyl (C=O) groups is 6. The van der Waals surface area contributed by atoms with Gasteiger partial charge in [-0.25, -0.2) is 8.42 Å². The molecule has 51 heavy (non-hydrogen) atoms. The lowest BCUT2D eigenvalue weighted by molar-refractivity contribution is -0.139. The van der Waals surface area contributed by atoms with E-state index in [0.29, 0.717) is 64.5 Å². The number of benzene rings is 2. The number of amides is 4. The van der Waals surface area contributed by atoms with Crippen molar-refractivity contribution >= 4 is 45.0 Å². The van der Waals surface area contributed by atoms with Gasteiger partial charge in [-0.1, -0.05) is 0 Å². The van der Waals surface area contributed by atoms with Crippen LogP contribution >= 0.6 is 0 Å². The first-order valence-corrected chi connectivity index (χ1v) is 18.8. The van der Waals surface area contributed by atoms with Crippen molar-refractivity contribution in [3.8, 4) is 11.5 Å². The highest BCUT2D eigenvalue weighted by Crippen LogP contribution is 2.35. The van der Waals surface area contributed by atoms with E-state index in [1.807, 2.05) is 0 Å². The van der Waals surface area contributed by atoms with Gasteiger partial charge < -0.3 is 10.2 Å². The second-order valence-electron chi connectivity index (χ2n) is 14.0. The molecule has 2 saturated carbocycles. The Morgan fingerprint density at radius 1 is 0.569 bits per heavy atom. The summed E-state index contributed by atoms with van der Waals surface area (Å²) >= 11 is 0. The minimum atomic E-state index is -4.17. The Balaban J connectivity index is 1.06. The van der Waals surface area contributed by atoms with Gasteiger partial charge in [0, 0.05) is 73.2 Å². The molecule has 0 aromatic heterocycles. The third kappa shape index (κ3) is 7.88. The number of hydrogen-bond donors (Lipinski definition) is 2. The maximum Gasteiger partial charge on any atom is 0.253 e. The van der Waals surface area contributed by atoms with Crippen LogP contribution in [0.2, 0.25) is 0 Å². The molecular formula is C38H40N2O10S. The minimum Gasteiger partial charge on any atom is -0.508 e. The fourth-order valence-electron chi connectivity index (χ4n) is 7.61. The lowest BCUT2D eigenvalue weighted by Gasteiger charge is -2.30. The van der Waals surface area contributed by atoms with Crippen molar-refractivity contribution in [3.63, 3.8) is 0 Å². The first-order valence-electron chi connectivity index (χ1n) is 17.3. The predicted octanol–water partition coefficient (Wildman–Crippen LogP) is 3.62. The Kier molecular flexibility index (Phi) is 10.4. The second-order valence-corrected chi connectivity index (χ2v) is 16.0. The average molecular weight is 717 g/mol. The number of hydrogen-bond acceptors (Lipinski definition) is 10. The standard InChI is InChI=1S/C38H40N2O10S/c41-31-11-9-29(17-27(31)19-33(43)25-5-1-23(2-6-25)21-39-35(45)13-14-36(39)46)51(49,50)30-10-12-32(42)28(18-30)20-34(44)26-7-3-24(4-8-26)22-40-37(47)15-16-38(40)48/h9-18,23-26,41-42H,1-8,19-22H2. The van der Waals surface area contributed by atoms with E-state index < -0.39 is 9.84 Å². The summed E-state index contributed by atoms with van der Waals surface area (Å²) in [7, 11) is -4.17. The number of aromatic hydroxyl groups is 2. The summed E-state index contributed by atoms with van der Waals surface area (Å²) in [6.07, 6.45) is 9.50. The first kappa shape index (κ1) is 35.9. The fourth-order valence-corrected chi connectivity index (χ4v) is 8.98. The molecule has 4 amide bonds. The van der Waals surface area contributed by atoms with Gasteiger partial charge in [-0.05, 0) is 99.6 Å². The Bertz CT molecular complexity index is 1780. The molecule has 12 nitrogen and oxygen atoms in total. The molecule has 2 aliphatic carbocycles. The summed E-state index contributed by atoms with van der Waals surface area (Å²) in [5.41, 5.74) is 0.337. The van der Waals surface area contributed by atoms with E-state index in [9.17, 15) is 47.4 Å². The summed E-state index contributed by atoms with van der Waals surface area (Å²) < 4.78 is 27.5. The topological polar surface area (TPSA) is 183 Å². The van der Waals surface area contributed by atoms with E-state index in [-0.39, 0.29) is 104 Å². The molecule has 4 aliphatic rings. The van der Waals surface area contributed by atoms with Gasteiger partial charge in [0.25, 0.3) is 23.6 Å². The molecule has 13 heteroatoms. The number of Topliss-reactive ketones (excluding diaryl/α,β-unsaturated/α-hetero) is 2. The van der Waals surface area contributed by atoms with Crippen molar-refractivity contribution in [3.05, 3.63) is 71.8 Å². The molecule has 2 fully saturated rings. The summed E-state index contributed by atoms with van der Waals surface area (Å²) in [5, 5.41) is 21.1.